The third kappa shape index (κ3) is 5.29. The number of carbonyl (C=O) groups excluding carboxylic acids is 1. The van der Waals surface area contributed by atoms with E-state index in [4.69, 9.17) is 4.74 Å². The molecule has 1 N–H and O–H groups in total. The lowest BCUT2D eigenvalue weighted by Crippen LogP contribution is -2.39. The molecule has 0 radical (unpaired) electrons. The van der Waals surface area contributed by atoms with Crippen molar-refractivity contribution >= 4 is 50.2 Å². The summed E-state index contributed by atoms with van der Waals surface area (Å²) in [7, 11) is 1.66. The molecule has 0 bridgehead atoms. The van der Waals surface area contributed by atoms with Gasteiger partial charge in [-0.25, -0.2) is 33.5 Å². The van der Waals surface area contributed by atoms with Gasteiger partial charge in [-0.2, -0.15) is 0 Å². The predicted octanol–water partition coefficient (Wildman–Crippen LogP) is 5.95. The van der Waals surface area contributed by atoms with E-state index in [9.17, 15) is 13.6 Å². The number of fused-ring (bicyclic) bond motifs is 1. The number of likely N-dealkylation sites (tertiary alicyclic amines) is 1. The van der Waals surface area contributed by atoms with Gasteiger partial charge in [0.1, 0.15) is 39.9 Å². The highest BCUT2D eigenvalue weighted by molar-refractivity contribution is 7.21. The lowest BCUT2D eigenvalue weighted by Gasteiger charge is -2.34. The predicted molar refractivity (Wildman–Crippen MR) is 137 cm³/mol. The van der Waals surface area contributed by atoms with Gasteiger partial charge >= 0.3 is 6.09 Å². The largest absolute Gasteiger partial charge is 0.450 e. The van der Waals surface area contributed by atoms with Crippen molar-refractivity contribution in [3.8, 4) is 0 Å². The van der Waals surface area contributed by atoms with E-state index >= 15 is 0 Å². The number of piperidine rings is 1. The minimum atomic E-state index is -0.671. The molecule has 1 amide bonds. The van der Waals surface area contributed by atoms with Crippen LogP contribution < -0.4 is 10.2 Å². The number of pyridine rings is 1. The molecule has 1 aromatic carbocycles. The summed E-state index contributed by atoms with van der Waals surface area (Å²) in [6, 6.07) is 8.58. The molecule has 1 saturated heterocycles. The summed E-state index contributed by atoms with van der Waals surface area (Å²) >= 11 is 1.32. The number of hydrogen-bond acceptors (Lipinski definition) is 9. The second-order valence-electron chi connectivity index (χ2n) is 8.52. The molecule has 12 heteroatoms. The van der Waals surface area contributed by atoms with Crippen LogP contribution in [0.2, 0.25) is 0 Å². The fourth-order valence-electron chi connectivity index (χ4n) is 4.32. The fraction of sp³-hybridized carbons (Fsp3) is 0.320. The molecule has 1 fully saturated rings. The van der Waals surface area contributed by atoms with Gasteiger partial charge in [-0.1, -0.05) is 11.3 Å². The summed E-state index contributed by atoms with van der Waals surface area (Å²) in [5.74, 6) is -0.269. The molecule has 9 nitrogen and oxygen atoms in total. The smallest absolute Gasteiger partial charge is 0.410 e. The summed E-state index contributed by atoms with van der Waals surface area (Å²) in [5.41, 5.74) is 1.61. The van der Waals surface area contributed by atoms with Crippen LogP contribution >= 0.6 is 11.3 Å². The van der Waals surface area contributed by atoms with Crippen molar-refractivity contribution < 1.29 is 18.3 Å². The first-order chi connectivity index (χ1) is 17.9. The van der Waals surface area contributed by atoms with E-state index < -0.39 is 11.6 Å². The zero-order valence-corrected chi connectivity index (χ0v) is 21.1. The van der Waals surface area contributed by atoms with Gasteiger partial charge in [0.2, 0.25) is 0 Å². The Morgan fingerprint density at radius 2 is 2.05 bits per heavy atom. The van der Waals surface area contributed by atoms with Gasteiger partial charge in [0, 0.05) is 25.7 Å². The van der Waals surface area contributed by atoms with Crippen molar-refractivity contribution in [3.63, 3.8) is 0 Å². The number of halogens is 2. The second-order valence-corrected chi connectivity index (χ2v) is 9.50. The molecule has 0 aliphatic carbocycles. The van der Waals surface area contributed by atoms with Crippen molar-refractivity contribution in [2.24, 2.45) is 0 Å². The van der Waals surface area contributed by atoms with Gasteiger partial charge in [-0.05, 0) is 50.5 Å². The molecule has 192 valence electrons. The number of rotatable bonds is 6. The van der Waals surface area contributed by atoms with Crippen LogP contribution in [0.3, 0.4) is 0 Å². The molecule has 1 aliphatic heterocycles. The lowest BCUT2D eigenvalue weighted by molar-refractivity contribution is 0.0755. The summed E-state index contributed by atoms with van der Waals surface area (Å²) in [4.78, 5) is 34.3. The summed E-state index contributed by atoms with van der Waals surface area (Å²) < 4.78 is 32.8. The van der Waals surface area contributed by atoms with Crippen molar-refractivity contribution in [1.29, 1.82) is 0 Å². The molecule has 3 aromatic heterocycles. The first-order valence-corrected chi connectivity index (χ1v) is 12.7. The Balaban J connectivity index is 1.36. The monoisotopic (exact) mass is 525 g/mol. The van der Waals surface area contributed by atoms with E-state index in [1.165, 1.54) is 29.8 Å². The van der Waals surface area contributed by atoms with Crippen LogP contribution in [0.25, 0.3) is 10.3 Å². The minimum Gasteiger partial charge on any atom is -0.450 e. The Morgan fingerprint density at radius 3 is 2.86 bits per heavy atom. The van der Waals surface area contributed by atoms with E-state index in [-0.39, 0.29) is 17.8 Å². The van der Waals surface area contributed by atoms with Crippen LogP contribution in [-0.4, -0.2) is 51.1 Å². The molecule has 4 aromatic rings. The Morgan fingerprint density at radius 1 is 1.19 bits per heavy atom. The molecular formula is C25H25F2N7O2S. The molecule has 1 aliphatic rings. The fourth-order valence-corrected chi connectivity index (χ4v) is 5.16. The number of carbonyl (C=O) groups is 1. The number of ether oxygens (including phenoxy) is 1. The minimum absolute atomic E-state index is 0.182. The normalized spacial score (nSPS) is 15.6. The van der Waals surface area contributed by atoms with Crippen LogP contribution in [0.5, 0.6) is 0 Å². The Labute approximate surface area is 216 Å². The number of nitrogens with zero attached hydrogens (tertiary/aromatic N) is 6. The molecule has 4 heterocycles. The SMILES string of the molecule is CCOC(=O)N1CCCCC1c1cc(Nc2nc3ccc(N(C)c4ccc(F)cc4F)nc3s2)ncn1. The summed E-state index contributed by atoms with van der Waals surface area (Å²) in [6.45, 7) is 2.73. The number of thiazole rings is 1. The molecule has 0 spiro atoms. The van der Waals surface area contributed by atoms with E-state index in [0.29, 0.717) is 40.3 Å². The van der Waals surface area contributed by atoms with E-state index in [1.807, 2.05) is 6.07 Å². The topological polar surface area (TPSA) is 96.4 Å². The maximum atomic E-state index is 14.3. The van der Waals surface area contributed by atoms with Crippen LogP contribution in [-0.2, 0) is 4.74 Å². The first-order valence-electron chi connectivity index (χ1n) is 11.9. The first kappa shape index (κ1) is 24.8. The molecule has 1 unspecified atom stereocenters. The van der Waals surface area contributed by atoms with Crippen LogP contribution in [0, 0.1) is 11.6 Å². The molecule has 0 saturated carbocycles. The standard InChI is InChI=1S/C25H25F2N7O2S/c1-3-36-25(35)34-11-5-4-6-20(34)18-13-21(29-14-28-18)31-24-30-17-8-10-22(32-23(17)37-24)33(2)19-9-7-15(26)12-16(19)27/h7-10,12-14,20H,3-6,11H2,1-2H3,(H,28,29,30,31). The maximum Gasteiger partial charge on any atom is 0.410 e. The molecule has 1 atom stereocenters. The van der Waals surface area contributed by atoms with Crippen LogP contribution in [0.4, 0.5) is 36.0 Å². The van der Waals surface area contributed by atoms with Crippen molar-refractivity contribution in [3.05, 3.63) is 60.1 Å². The second kappa shape index (κ2) is 10.6. The Kier molecular flexibility index (Phi) is 7.08. The van der Waals surface area contributed by atoms with Crippen molar-refractivity contribution in [2.75, 3.05) is 30.4 Å². The lowest BCUT2D eigenvalue weighted by atomic mass is 9.99. The van der Waals surface area contributed by atoms with Gasteiger partial charge in [-0.3, -0.25) is 4.90 Å². The van der Waals surface area contributed by atoms with Gasteiger partial charge in [0.15, 0.2) is 5.13 Å². The zero-order chi connectivity index (χ0) is 25.9. The molecule has 37 heavy (non-hydrogen) atoms. The Bertz CT molecular complexity index is 1430. The van der Waals surface area contributed by atoms with Crippen LogP contribution in [0.15, 0.2) is 42.7 Å². The zero-order valence-electron chi connectivity index (χ0n) is 20.3. The Hall–Kier alpha value is -3.93. The average molecular weight is 526 g/mol. The number of benzene rings is 1. The van der Waals surface area contributed by atoms with E-state index in [0.717, 1.165) is 31.0 Å². The summed E-state index contributed by atoms with van der Waals surface area (Å²) in [6.07, 6.45) is 3.85. The average Bonchev–Trinajstić information content (AvgIpc) is 3.30. The number of aromatic nitrogens is 4. The highest BCUT2D eigenvalue weighted by Crippen LogP contribution is 2.33. The quantitative estimate of drug-likeness (QED) is 0.330. The van der Waals surface area contributed by atoms with E-state index in [2.05, 4.69) is 25.3 Å². The van der Waals surface area contributed by atoms with Crippen molar-refractivity contribution in [1.82, 2.24) is 24.8 Å². The van der Waals surface area contributed by atoms with E-state index in [1.54, 1.807) is 35.9 Å². The number of hydrogen-bond donors (Lipinski definition) is 1. The van der Waals surface area contributed by atoms with Gasteiger partial charge in [0.05, 0.1) is 24.0 Å². The summed E-state index contributed by atoms with van der Waals surface area (Å²) in [5, 5.41) is 3.78. The number of nitrogens with one attached hydrogen (secondary N) is 1. The van der Waals surface area contributed by atoms with Gasteiger partial charge in [0.25, 0.3) is 0 Å². The number of amides is 1. The number of anilines is 4. The van der Waals surface area contributed by atoms with Crippen molar-refractivity contribution in [2.45, 2.75) is 32.2 Å². The van der Waals surface area contributed by atoms with Gasteiger partial charge < -0.3 is 15.0 Å². The third-order valence-electron chi connectivity index (χ3n) is 6.13. The van der Waals surface area contributed by atoms with Gasteiger partial charge in [-0.15, -0.1) is 0 Å². The third-order valence-corrected chi connectivity index (χ3v) is 7.01. The highest BCUT2D eigenvalue weighted by atomic mass is 32.1. The van der Waals surface area contributed by atoms with Crippen LogP contribution in [0.1, 0.15) is 37.9 Å². The molecule has 5 rings (SSSR count). The molecular weight excluding hydrogens is 500 g/mol. The highest BCUT2D eigenvalue weighted by Gasteiger charge is 2.30. The maximum absolute atomic E-state index is 14.3.